The van der Waals surface area contributed by atoms with Gasteiger partial charge in [0.25, 0.3) is 11.8 Å². The molecule has 202 valence electrons. The molecule has 0 saturated carbocycles. The van der Waals surface area contributed by atoms with Gasteiger partial charge in [0.15, 0.2) is 0 Å². The fraction of sp³-hybridized carbons (Fsp3) is 0.393. The van der Waals surface area contributed by atoms with E-state index in [0.717, 1.165) is 10.5 Å². The molecule has 0 saturated heterocycles. The lowest BCUT2D eigenvalue weighted by atomic mass is 9.99. The Morgan fingerprint density at radius 1 is 0.921 bits per heavy atom. The van der Waals surface area contributed by atoms with E-state index in [2.05, 4.69) is 23.3 Å². The molecule has 9 nitrogen and oxygen atoms in total. The molecule has 2 aromatic carbocycles. The number of fused-ring (bicyclic) bond motifs is 1. The van der Waals surface area contributed by atoms with E-state index in [4.69, 9.17) is 0 Å². The molecule has 0 spiro atoms. The number of nitrogens with one attached hydrogen (secondary N) is 2. The second kappa shape index (κ2) is 13.2. The van der Waals surface area contributed by atoms with Gasteiger partial charge in [0.2, 0.25) is 17.7 Å². The number of benzene rings is 2. The first kappa shape index (κ1) is 28.9. The van der Waals surface area contributed by atoms with Crippen LogP contribution in [0.1, 0.15) is 46.5 Å². The van der Waals surface area contributed by atoms with Crippen molar-refractivity contribution in [1.82, 2.24) is 20.4 Å². The van der Waals surface area contributed by atoms with Crippen molar-refractivity contribution in [2.75, 3.05) is 25.9 Å². The van der Waals surface area contributed by atoms with Crippen LogP contribution in [0, 0.1) is 5.92 Å². The average Bonchev–Trinajstić information content (AvgIpc) is 3.16. The van der Waals surface area contributed by atoms with Crippen molar-refractivity contribution in [2.45, 2.75) is 38.8 Å². The predicted molar refractivity (Wildman–Crippen MR) is 147 cm³/mol. The van der Waals surface area contributed by atoms with Gasteiger partial charge in [-0.2, -0.15) is 12.6 Å². The second-order valence-corrected chi connectivity index (χ2v) is 9.88. The number of hydrogen-bond acceptors (Lipinski definition) is 6. The predicted octanol–water partition coefficient (Wildman–Crippen LogP) is 1.93. The van der Waals surface area contributed by atoms with Crippen molar-refractivity contribution in [3.63, 3.8) is 0 Å². The summed E-state index contributed by atoms with van der Waals surface area (Å²) in [6, 6.07) is 14.1. The Kier molecular flexibility index (Phi) is 10.1. The molecule has 1 aliphatic rings. The lowest BCUT2D eigenvalue weighted by molar-refractivity contribution is -0.140. The molecule has 0 bridgehead atoms. The number of nitrogens with zero attached hydrogens (tertiary/aromatic N) is 2. The minimum atomic E-state index is -0.923. The lowest BCUT2D eigenvalue weighted by Crippen LogP contribution is -2.57. The van der Waals surface area contributed by atoms with Crippen LogP contribution >= 0.6 is 12.6 Å². The molecule has 0 aromatic heterocycles. The minimum absolute atomic E-state index is 0.0350. The van der Waals surface area contributed by atoms with Crippen LogP contribution in [0.3, 0.4) is 0 Å². The number of carbonyl (C=O) groups is 5. The zero-order valence-corrected chi connectivity index (χ0v) is 22.7. The zero-order valence-electron chi connectivity index (χ0n) is 21.8. The second-order valence-electron chi connectivity index (χ2n) is 9.56. The van der Waals surface area contributed by atoms with Crippen LogP contribution in [0.5, 0.6) is 0 Å². The molecule has 10 heteroatoms. The van der Waals surface area contributed by atoms with Gasteiger partial charge in [-0.3, -0.25) is 28.9 Å². The van der Waals surface area contributed by atoms with E-state index >= 15 is 0 Å². The molecule has 2 aromatic rings. The van der Waals surface area contributed by atoms with Gasteiger partial charge in [0, 0.05) is 26.6 Å². The van der Waals surface area contributed by atoms with E-state index < -0.39 is 35.7 Å². The van der Waals surface area contributed by atoms with Gasteiger partial charge in [-0.1, -0.05) is 56.3 Å². The van der Waals surface area contributed by atoms with Gasteiger partial charge >= 0.3 is 0 Å². The van der Waals surface area contributed by atoms with E-state index in [1.807, 2.05) is 44.2 Å². The summed E-state index contributed by atoms with van der Waals surface area (Å²) < 4.78 is 0. The highest BCUT2D eigenvalue weighted by molar-refractivity contribution is 7.81. The van der Waals surface area contributed by atoms with Crippen LogP contribution in [0.4, 0.5) is 0 Å². The van der Waals surface area contributed by atoms with Crippen LogP contribution in [0.25, 0.3) is 0 Å². The highest BCUT2D eigenvalue weighted by atomic mass is 32.1. The van der Waals surface area contributed by atoms with E-state index in [1.165, 1.54) is 11.9 Å². The zero-order chi connectivity index (χ0) is 27.8. The molecule has 2 atom stereocenters. The number of carbonyl (C=O) groups excluding carboxylic acids is 5. The lowest BCUT2D eigenvalue weighted by Gasteiger charge is -2.33. The molecular formula is C28H34N4O5S. The first-order valence-electron chi connectivity index (χ1n) is 12.6. The SMILES string of the molecule is CNC(=O)[C@H](Cc1ccccc1)NC(=O)[C@H](CC(C)C)N(CCN1C(=O)c2ccccc2C1=O)C(=O)CS. The Morgan fingerprint density at radius 2 is 1.50 bits per heavy atom. The summed E-state index contributed by atoms with van der Waals surface area (Å²) in [6.45, 7) is 3.73. The Bertz CT molecular complexity index is 1150. The number of likely N-dealkylation sites (N-methyl/N-ethyl adjacent to an activating group) is 1. The summed E-state index contributed by atoms with van der Waals surface area (Å²) in [4.78, 5) is 67.3. The molecule has 1 aliphatic heterocycles. The number of thiol groups is 1. The minimum Gasteiger partial charge on any atom is -0.357 e. The molecule has 0 radical (unpaired) electrons. The van der Waals surface area contributed by atoms with Crippen molar-refractivity contribution in [1.29, 1.82) is 0 Å². The smallest absolute Gasteiger partial charge is 0.261 e. The highest BCUT2D eigenvalue weighted by Gasteiger charge is 2.37. The Morgan fingerprint density at radius 3 is 2.03 bits per heavy atom. The maximum absolute atomic E-state index is 13.6. The van der Waals surface area contributed by atoms with E-state index in [9.17, 15) is 24.0 Å². The fourth-order valence-corrected chi connectivity index (χ4v) is 4.70. The van der Waals surface area contributed by atoms with Crippen LogP contribution in [0.2, 0.25) is 0 Å². The van der Waals surface area contributed by atoms with Crippen molar-refractivity contribution in [2.24, 2.45) is 5.92 Å². The third kappa shape index (κ3) is 6.80. The number of rotatable bonds is 12. The third-order valence-electron chi connectivity index (χ3n) is 6.43. The number of amides is 5. The van der Waals surface area contributed by atoms with Gasteiger partial charge in [-0.05, 0) is 30.0 Å². The summed E-state index contributed by atoms with van der Waals surface area (Å²) in [7, 11) is 1.50. The Balaban J connectivity index is 1.82. The summed E-state index contributed by atoms with van der Waals surface area (Å²) >= 11 is 4.14. The van der Waals surface area contributed by atoms with Gasteiger partial charge in [-0.15, -0.1) is 0 Å². The topological polar surface area (TPSA) is 116 Å². The molecule has 0 fully saturated rings. The molecule has 38 heavy (non-hydrogen) atoms. The summed E-state index contributed by atoms with van der Waals surface area (Å²) in [5.74, 6) is -2.25. The quantitative estimate of drug-likeness (QED) is 0.282. The standard InChI is InChI=1S/C28H34N4O5S/c1-18(2)15-23(26(35)30-22(25(34)29-3)16-19-9-5-4-6-10-19)31(24(33)17-38)13-14-32-27(36)20-11-7-8-12-21(20)28(32)37/h4-12,18,22-23,38H,13-17H2,1-3H3,(H,29,34)(H,30,35)/t22-,23-/m0/s1. The van der Waals surface area contributed by atoms with E-state index in [-0.39, 0.29) is 37.1 Å². The van der Waals surface area contributed by atoms with Gasteiger partial charge in [0.1, 0.15) is 12.1 Å². The number of hydrogen-bond donors (Lipinski definition) is 3. The molecule has 0 aliphatic carbocycles. The van der Waals surface area contributed by atoms with Crippen molar-refractivity contribution in [3.05, 3.63) is 71.3 Å². The van der Waals surface area contributed by atoms with E-state index in [0.29, 0.717) is 17.5 Å². The highest BCUT2D eigenvalue weighted by Crippen LogP contribution is 2.23. The largest absolute Gasteiger partial charge is 0.357 e. The van der Waals surface area contributed by atoms with Gasteiger partial charge in [-0.25, -0.2) is 0 Å². The Hall–Kier alpha value is -3.66. The van der Waals surface area contributed by atoms with Crippen molar-refractivity contribution >= 4 is 42.2 Å². The normalized spacial score (nSPS) is 14.2. The third-order valence-corrected chi connectivity index (χ3v) is 6.70. The first-order valence-corrected chi connectivity index (χ1v) is 13.2. The first-order chi connectivity index (χ1) is 18.2. The van der Waals surface area contributed by atoms with Gasteiger partial charge in [0.05, 0.1) is 16.9 Å². The molecule has 3 rings (SSSR count). The average molecular weight is 539 g/mol. The van der Waals surface area contributed by atoms with Crippen molar-refractivity contribution in [3.8, 4) is 0 Å². The van der Waals surface area contributed by atoms with Gasteiger partial charge < -0.3 is 15.5 Å². The van der Waals surface area contributed by atoms with Crippen LogP contribution in [0.15, 0.2) is 54.6 Å². The monoisotopic (exact) mass is 538 g/mol. The maximum atomic E-state index is 13.6. The summed E-state index contributed by atoms with van der Waals surface area (Å²) in [5.41, 5.74) is 1.50. The molecule has 2 N–H and O–H groups in total. The summed E-state index contributed by atoms with van der Waals surface area (Å²) in [5, 5.41) is 5.41. The van der Waals surface area contributed by atoms with Crippen LogP contribution in [-0.2, 0) is 20.8 Å². The maximum Gasteiger partial charge on any atom is 0.261 e. The van der Waals surface area contributed by atoms with E-state index in [1.54, 1.807) is 24.3 Å². The number of imide groups is 1. The van der Waals surface area contributed by atoms with Crippen LogP contribution in [-0.4, -0.2) is 77.3 Å². The molecular weight excluding hydrogens is 504 g/mol. The molecule has 1 heterocycles. The summed E-state index contributed by atoms with van der Waals surface area (Å²) in [6.07, 6.45) is 0.593. The molecule has 5 amide bonds. The molecule has 0 unspecified atom stereocenters. The Labute approximate surface area is 228 Å². The fourth-order valence-electron chi connectivity index (χ4n) is 4.52. The van der Waals surface area contributed by atoms with Crippen molar-refractivity contribution < 1.29 is 24.0 Å². The van der Waals surface area contributed by atoms with Crippen LogP contribution < -0.4 is 10.6 Å².